The van der Waals surface area contributed by atoms with Crippen LogP contribution in [0.15, 0.2) is 108 Å². The minimum Gasteiger partial charge on any atom is -0.871 e. The fourth-order valence-electron chi connectivity index (χ4n) is 5.40. The number of aromatic nitrogens is 3. The van der Waals surface area contributed by atoms with Crippen LogP contribution >= 0.6 is 0 Å². The van der Waals surface area contributed by atoms with Crippen LogP contribution in [0, 0.1) is 68.0 Å². The van der Waals surface area contributed by atoms with Crippen LogP contribution in [0.3, 0.4) is 0 Å². The fourth-order valence-corrected chi connectivity index (χ4v) is 5.40. The summed E-state index contributed by atoms with van der Waals surface area (Å²) in [4.78, 5) is 12.1. The molecule has 258 valence electrons. The monoisotopic (exact) mass is 729 g/mol. The first kappa shape index (κ1) is 41.4. The van der Waals surface area contributed by atoms with Crippen LogP contribution in [0.4, 0.5) is 0 Å². The van der Waals surface area contributed by atoms with Gasteiger partial charge in [-0.3, -0.25) is 15.0 Å². The van der Waals surface area contributed by atoms with Gasteiger partial charge in [-0.2, -0.15) is 31.6 Å². The minimum atomic E-state index is -0.169. The molecule has 0 fully saturated rings. The normalized spacial score (nSPS) is 9.33. The molecule has 3 heterocycles. The maximum Gasteiger partial charge on any atom is 3.00 e. The number of rotatable bonds is 3. The van der Waals surface area contributed by atoms with Gasteiger partial charge in [0, 0.05) is 34.7 Å². The predicted octanol–water partition coefficient (Wildman–Crippen LogP) is 6.01. The van der Waals surface area contributed by atoms with Crippen LogP contribution < -0.4 is 15.3 Å². The maximum atomic E-state index is 11.7. The van der Waals surface area contributed by atoms with E-state index in [4.69, 9.17) is 31.6 Å². The van der Waals surface area contributed by atoms with E-state index >= 15 is 0 Å². The van der Waals surface area contributed by atoms with Gasteiger partial charge in [0.05, 0.1) is 16.6 Å². The number of pyridine rings is 3. The second-order valence-corrected chi connectivity index (χ2v) is 11.2. The Morgan fingerprint density at radius 2 is 0.655 bits per heavy atom. The van der Waals surface area contributed by atoms with Crippen molar-refractivity contribution in [3.63, 3.8) is 0 Å². The van der Waals surface area contributed by atoms with Gasteiger partial charge in [-0.05, 0) is 72.4 Å². The standard InChI is InChI=1S/3C14H9N3O.Al/c3*1-9(10(7-15)8-16)11-4-5-13(18)14-12(11)3-2-6-17-14;/h3*2-6,18H,1H3;/q;;;+3/p-3. The van der Waals surface area contributed by atoms with Crippen LogP contribution in [0.1, 0.15) is 37.5 Å². The number of allylic oxidation sites excluding steroid dienone is 6. The summed E-state index contributed by atoms with van der Waals surface area (Å²) in [7, 11) is 0. The third kappa shape index (κ3) is 8.90. The van der Waals surface area contributed by atoms with Crippen molar-refractivity contribution < 1.29 is 15.3 Å². The smallest absolute Gasteiger partial charge is 0.871 e. The molecule has 0 unspecified atom stereocenters. The number of nitrogens with zero attached hydrogens (tertiary/aromatic N) is 9. The molecule has 0 N–H and O–H groups in total. The van der Waals surface area contributed by atoms with Gasteiger partial charge in [-0.25, -0.2) is 0 Å². The van der Waals surface area contributed by atoms with Crippen molar-refractivity contribution in [1.82, 2.24) is 15.0 Å². The largest absolute Gasteiger partial charge is 3.00 e. The molecule has 6 aromatic rings. The van der Waals surface area contributed by atoms with E-state index in [9.17, 15) is 15.3 Å². The number of hydrogen-bond acceptors (Lipinski definition) is 12. The van der Waals surface area contributed by atoms with Gasteiger partial charge in [-0.1, -0.05) is 71.8 Å². The number of nitriles is 6. The van der Waals surface area contributed by atoms with Gasteiger partial charge in [0.25, 0.3) is 0 Å². The van der Waals surface area contributed by atoms with Crippen molar-refractivity contribution in [3.05, 3.63) is 125 Å². The Labute approximate surface area is 326 Å². The van der Waals surface area contributed by atoms with Gasteiger partial charge in [0.1, 0.15) is 53.1 Å². The third-order valence-electron chi connectivity index (χ3n) is 8.21. The van der Waals surface area contributed by atoms with Crippen LogP contribution in [0.2, 0.25) is 0 Å². The third-order valence-corrected chi connectivity index (χ3v) is 8.21. The van der Waals surface area contributed by atoms with Crippen molar-refractivity contribution in [3.8, 4) is 53.7 Å². The molecular formula is C42H24AlN9O3. The van der Waals surface area contributed by atoms with Gasteiger partial charge in [0.2, 0.25) is 0 Å². The fraction of sp³-hybridized carbons (Fsp3) is 0.0714. The zero-order valence-corrected chi connectivity index (χ0v) is 30.6. The summed E-state index contributed by atoms with van der Waals surface area (Å²) in [6.45, 7) is 5.07. The molecule has 0 atom stereocenters. The summed E-state index contributed by atoms with van der Waals surface area (Å²) in [5.74, 6) is -0.507. The molecule has 0 amide bonds. The second kappa shape index (κ2) is 19.0. The molecular weight excluding hydrogens is 706 g/mol. The Bertz CT molecular complexity index is 2460. The summed E-state index contributed by atoms with van der Waals surface area (Å²) in [6.07, 6.45) is 4.63. The molecule has 55 heavy (non-hydrogen) atoms. The average molecular weight is 730 g/mol. The molecule has 0 aliphatic heterocycles. The van der Waals surface area contributed by atoms with Gasteiger partial charge in [0.15, 0.2) is 0 Å². The van der Waals surface area contributed by atoms with E-state index in [-0.39, 0.29) is 51.3 Å². The van der Waals surface area contributed by atoms with Crippen molar-refractivity contribution in [2.24, 2.45) is 0 Å². The molecule has 6 rings (SSSR count). The minimum absolute atomic E-state index is 0. The van der Waals surface area contributed by atoms with Gasteiger partial charge in [-0.15, -0.1) is 0 Å². The molecule has 0 spiro atoms. The summed E-state index contributed by atoms with van der Waals surface area (Å²) >= 11 is 0. The Morgan fingerprint density at radius 3 is 0.873 bits per heavy atom. The summed E-state index contributed by atoms with van der Waals surface area (Å²) < 4.78 is 0. The zero-order chi connectivity index (χ0) is 39.4. The molecule has 3 aromatic carbocycles. The van der Waals surface area contributed by atoms with E-state index < -0.39 is 0 Å². The van der Waals surface area contributed by atoms with Gasteiger partial charge >= 0.3 is 17.4 Å². The molecule has 0 aliphatic rings. The molecule has 0 saturated carbocycles. The van der Waals surface area contributed by atoms with Crippen LogP contribution in [0.25, 0.3) is 49.4 Å². The Kier molecular flexibility index (Phi) is 14.3. The van der Waals surface area contributed by atoms with E-state index in [0.717, 1.165) is 0 Å². The zero-order valence-electron chi connectivity index (χ0n) is 29.5. The van der Waals surface area contributed by atoms with Crippen molar-refractivity contribution in [2.45, 2.75) is 20.8 Å². The van der Waals surface area contributed by atoms with Crippen molar-refractivity contribution in [2.75, 3.05) is 0 Å². The van der Waals surface area contributed by atoms with Crippen molar-refractivity contribution in [1.29, 1.82) is 31.6 Å². The molecule has 0 radical (unpaired) electrons. The average Bonchev–Trinajstić information content (AvgIpc) is 3.20. The number of fused-ring (bicyclic) bond motifs is 3. The Hall–Kier alpha value is -8.02. The quantitative estimate of drug-likeness (QED) is 0.150. The molecule has 12 nitrogen and oxygen atoms in total. The Morgan fingerprint density at radius 1 is 0.418 bits per heavy atom. The van der Waals surface area contributed by atoms with Crippen LogP contribution in [-0.4, -0.2) is 32.3 Å². The van der Waals surface area contributed by atoms with Crippen LogP contribution in [0.5, 0.6) is 17.2 Å². The predicted molar refractivity (Wildman–Crippen MR) is 201 cm³/mol. The maximum absolute atomic E-state index is 11.7. The first-order valence-corrected chi connectivity index (χ1v) is 15.7. The molecule has 13 heteroatoms. The molecule has 0 bridgehead atoms. The summed E-state index contributed by atoms with van der Waals surface area (Å²) in [5.41, 5.74) is 4.91. The van der Waals surface area contributed by atoms with E-state index in [2.05, 4.69) is 15.0 Å². The second-order valence-electron chi connectivity index (χ2n) is 11.2. The number of hydrogen-bond donors (Lipinski definition) is 0. The van der Waals surface area contributed by atoms with E-state index in [1.165, 1.54) is 18.2 Å². The van der Waals surface area contributed by atoms with E-state index in [0.29, 0.717) is 66.1 Å². The molecule has 0 aliphatic carbocycles. The summed E-state index contributed by atoms with van der Waals surface area (Å²) in [6, 6.07) is 30.6. The molecule has 0 saturated heterocycles. The SMILES string of the molecule is CC(=C(C#N)C#N)c1ccc([O-])c2ncccc12.CC(=C(C#N)C#N)c1ccc([O-])c2ncccc12.CC(=C(C#N)C#N)c1ccc([O-])c2ncccc12.[Al+3]. The van der Waals surface area contributed by atoms with Crippen LogP contribution in [-0.2, 0) is 0 Å². The Balaban J connectivity index is 0.000000220. The topological polar surface area (TPSA) is 251 Å². The van der Waals surface area contributed by atoms with Crippen molar-refractivity contribution >= 4 is 66.8 Å². The number of benzene rings is 3. The van der Waals surface area contributed by atoms with E-state index in [1.807, 2.05) is 36.4 Å². The first-order valence-electron chi connectivity index (χ1n) is 15.7. The molecule has 3 aromatic heterocycles. The first-order chi connectivity index (χ1) is 26.1. The summed E-state index contributed by atoms with van der Waals surface area (Å²) in [5, 5.41) is 90.2. The van der Waals surface area contributed by atoms with Gasteiger partial charge < -0.3 is 15.3 Å². The van der Waals surface area contributed by atoms with E-state index in [1.54, 1.807) is 94.0 Å².